The normalized spacial score (nSPS) is 10.5. The minimum atomic E-state index is -0.0602. The van der Waals surface area contributed by atoms with Gasteiger partial charge < -0.3 is 9.64 Å². The fourth-order valence-corrected chi connectivity index (χ4v) is 2.36. The number of likely N-dealkylation sites (N-methyl/N-ethyl adjacent to an activating group) is 1. The Morgan fingerprint density at radius 2 is 1.78 bits per heavy atom. The lowest BCUT2D eigenvalue weighted by Crippen LogP contribution is -2.30. The van der Waals surface area contributed by atoms with Crippen molar-refractivity contribution < 1.29 is 9.53 Å². The Balaban J connectivity index is 1.59. The van der Waals surface area contributed by atoms with Gasteiger partial charge in [-0.05, 0) is 40.6 Å². The van der Waals surface area contributed by atoms with Gasteiger partial charge in [0.25, 0.3) is 5.91 Å². The summed E-state index contributed by atoms with van der Waals surface area (Å²) in [7, 11) is 1.77. The molecule has 0 fully saturated rings. The van der Waals surface area contributed by atoms with Crippen molar-refractivity contribution in [1.82, 2.24) is 9.88 Å². The van der Waals surface area contributed by atoms with Crippen LogP contribution in [0.3, 0.4) is 0 Å². The van der Waals surface area contributed by atoms with Gasteiger partial charge in [-0.1, -0.05) is 30.3 Å². The van der Waals surface area contributed by atoms with Crippen molar-refractivity contribution in [2.45, 2.75) is 6.54 Å². The SMILES string of the molecule is CN(Cc1ccncc1)C(=O)COc1ccc2ccccc2c1. The molecule has 1 aromatic heterocycles. The Morgan fingerprint density at radius 3 is 2.57 bits per heavy atom. The van der Waals surface area contributed by atoms with Crippen LogP contribution in [0.15, 0.2) is 67.0 Å². The Morgan fingerprint density at radius 1 is 1.04 bits per heavy atom. The van der Waals surface area contributed by atoms with Crippen LogP contribution in [0.4, 0.5) is 0 Å². The van der Waals surface area contributed by atoms with Gasteiger partial charge in [-0.3, -0.25) is 9.78 Å². The summed E-state index contributed by atoms with van der Waals surface area (Å²) < 4.78 is 5.63. The number of hydrogen-bond donors (Lipinski definition) is 0. The molecule has 4 heteroatoms. The average molecular weight is 306 g/mol. The summed E-state index contributed by atoms with van der Waals surface area (Å²) in [5.41, 5.74) is 1.04. The average Bonchev–Trinajstić information content (AvgIpc) is 2.60. The van der Waals surface area contributed by atoms with E-state index >= 15 is 0 Å². The predicted octanol–water partition coefficient (Wildman–Crippen LogP) is 3.27. The van der Waals surface area contributed by atoms with Crippen LogP contribution < -0.4 is 4.74 Å². The largest absolute Gasteiger partial charge is 0.484 e. The van der Waals surface area contributed by atoms with E-state index in [1.54, 1.807) is 24.3 Å². The highest BCUT2D eigenvalue weighted by Gasteiger charge is 2.10. The number of amides is 1. The Kier molecular flexibility index (Phi) is 4.52. The molecule has 3 aromatic rings. The number of benzene rings is 2. The minimum Gasteiger partial charge on any atom is -0.484 e. The quantitative estimate of drug-likeness (QED) is 0.726. The molecule has 0 unspecified atom stereocenters. The van der Waals surface area contributed by atoms with E-state index in [0.29, 0.717) is 12.3 Å². The van der Waals surface area contributed by atoms with E-state index in [0.717, 1.165) is 16.3 Å². The zero-order valence-corrected chi connectivity index (χ0v) is 13.0. The molecule has 0 aliphatic carbocycles. The van der Waals surface area contributed by atoms with Crippen LogP contribution in [0.5, 0.6) is 5.75 Å². The number of hydrogen-bond acceptors (Lipinski definition) is 3. The van der Waals surface area contributed by atoms with Crippen molar-refractivity contribution in [2.75, 3.05) is 13.7 Å². The van der Waals surface area contributed by atoms with Crippen molar-refractivity contribution in [3.63, 3.8) is 0 Å². The molecular weight excluding hydrogens is 288 g/mol. The monoisotopic (exact) mass is 306 g/mol. The maximum atomic E-state index is 12.2. The van der Waals surface area contributed by atoms with Gasteiger partial charge in [0.1, 0.15) is 5.75 Å². The molecular formula is C19H18N2O2. The lowest BCUT2D eigenvalue weighted by atomic mass is 10.1. The smallest absolute Gasteiger partial charge is 0.260 e. The van der Waals surface area contributed by atoms with E-state index in [2.05, 4.69) is 4.98 Å². The molecule has 0 aliphatic rings. The van der Waals surface area contributed by atoms with Crippen LogP contribution in [0.1, 0.15) is 5.56 Å². The maximum Gasteiger partial charge on any atom is 0.260 e. The number of carbonyl (C=O) groups is 1. The predicted molar refractivity (Wildman–Crippen MR) is 90.2 cm³/mol. The first kappa shape index (κ1) is 15.0. The van der Waals surface area contributed by atoms with E-state index in [9.17, 15) is 4.79 Å². The third-order valence-corrected chi connectivity index (χ3v) is 3.68. The van der Waals surface area contributed by atoms with Gasteiger partial charge in [0.2, 0.25) is 0 Å². The van der Waals surface area contributed by atoms with E-state index < -0.39 is 0 Å². The third kappa shape index (κ3) is 3.86. The van der Waals surface area contributed by atoms with Crippen LogP contribution in [0, 0.1) is 0 Å². The van der Waals surface area contributed by atoms with E-state index in [1.807, 2.05) is 54.6 Å². The van der Waals surface area contributed by atoms with Gasteiger partial charge in [0.15, 0.2) is 6.61 Å². The second kappa shape index (κ2) is 6.92. The van der Waals surface area contributed by atoms with Gasteiger partial charge in [-0.15, -0.1) is 0 Å². The first-order chi connectivity index (χ1) is 11.2. The number of rotatable bonds is 5. The van der Waals surface area contributed by atoms with Crippen molar-refractivity contribution in [2.24, 2.45) is 0 Å². The molecule has 0 N–H and O–H groups in total. The van der Waals surface area contributed by atoms with Gasteiger partial charge in [-0.25, -0.2) is 0 Å². The van der Waals surface area contributed by atoms with Gasteiger partial charge in [0, 0.05) is 26.0 Å². The van der Waals surface area contributed by atoms with Crippen LogP contribution in [-0.4, -0.2) is 29.4 Å². The summed E-state index contributed by atoms with van der Waals surface area (Å²) in [5, 5.41) is 2.25. The molecule has 0 bridgehead atoms. The van der Waals surface area contributed by atoms with Crippen LogP contribution in [0.2, 0.25) is 0 Å². The minimum absolute atomic E-state index is 0.0277. The Hall–Kier alpha value is -2.88. The summed E-state index contributed by atoms with van der Waals surface area (Å²) in [6, 6.07) is 17.7. The summed E-state index contributed by atoms with van der Waals surface area (Å²) >= 11 is 0. The summed E-state index contributed by atoms with van der Waals surface area (Å²) in [5.74, 6) is 0.643. The second-order valence-electron chi connectivity index (χ2n) is 5.40. The fraction of sp³-hybridized carbons (Fsp3) is 0.158. The van der Waals surface area contributed by atoms with E-state index in [-0.39, 0.29) is 12.5 Å². The molecule has 0 saturated carbocycles. The zero-order chi connectivity index (χ0) is 16.1. The topological polar surface area (TPSA) is 42.4 Å². The highest BCUT2D eigenvalue weighted by Crippen LogP contribution is 2.20. The Labute approximate surface area is 135 Å². The van der Waals surface area contributed by atoms with Crippen molar-refractivity contribution in [3.8, 4) is 5.75 Å². The molecule has 0 saturated heterocycles. The molecule has 0 radical (unpaired) electrons. The molecule has 0 aliphatic heterocycles. The lowest BCUT2D eigenvalue weighted by molar-refractivity contribution is -0.132. The fourth-order valence-electron chi connectivity index (χ4n) is 2.36. The lowest BCUT2D eigenvalue weighted by Gasteiger charge is -2.17. The Bertz CT molecular complexity index is 803. The van der Waals surface area contributed by atoms with Crippen molar-refractivity contribution in [1.29, 1.82) is 0 Å². The van der Waals surface area contributed by atoms with Crippen LogP contribution in [-0.2, 0) is 11.3 Å². The molecule has 1 heterocycles. The molecule has 4 nitrogen and oxygen atoms in total. The molecule has 116 valence electrons. The van der Waals surface area contributed by atoms with Crippen LogP contribution >= 0.6 is 0 Å². The van der Waals surface area contributed by atoms with Crippen LogP contribution in [0.25, 0.3) is 10.8 Å². The molecule has 1 amide bonds. The molecule has 23 heavy (non-hydrogen) atoms. The van der Waals surface area contributed by atoms with E-state index in [4.69, 9.17) is 4.74 Å². The maximum absolute atomic E-state index is 12.2. The zero-order valence-electron chi connectivity index (χ0n) is 13.0. The summed E-state index contributed by atoms with van der Waals surface area (Å²) in [6.07, 6.45) is 3.44. The first-order valence-electron chi connectivity index (χ1n) is 7.47. The second-order valence-corrected chi connectivity index (χ2v) is 5.40. The highest BCUT2D eigenvalue weighted by molar-refractivity contribution is 5.84. The first-order valence-corrected chi connectivity index (χ1v) is 7.47. The number of ether oxygens (including phenoxy) is 1. The molecule has 3 rings (SSSR count). The summed E-state index contributed by atoms with van der Waals surface area (Å²) in [4.78, 5) is 17.8. The number of carbonyl (C=O) groups excluding carboxylic acids is 1. The van der Waals surface area contributed by atoms with E-state index in [1.165, 1.54) is 0 Å². The standard InChI is InChI=1S/C19H18N2O2/c1-21(13-15-8-10-20-11-9-15)19(22)14-23-18-7-6-16-4-2-3-5-17(16)12-18/h2-12H,13-14H2,1H3. The molecule has 0 atom stereocenters. The van der Waals surface area contributed by atoms with Gasteiger partial charge in [0.05, 0.1) is 0 Å². The summed E-state index contributed by atoms with van der Waals surface area (Å²) in [6.45, 7) is 0.572. The third-order valence-electron chi connectivity index (χ3n) is 3.68. The van der Waals surface area contributed by atoms with Gasteiger partial charge >= 0.3 is 0 Å². The number of pyridine rings is 1. The van der Waals surface area contributed by atoms with Gasteiger partial charge in [-0.2, -0.15) is 0 Å². The number of nitrogens with zero attached hydrogens (tertiary/aromatic N) is 2. The number of aromatic nitrogens is 1. The molecule has 0 spiro atoms. The van der Waals surface area contributed by atoms with Crippen molar-refractivity contribution in [3.05, 3.63) is 72.6 Å². The highest BCUT2D eigenvalue weighted by atomic mass is 16.5. The number of fused-ring (bicyclic) bond motifs is 1. The van der Waals surface area contributed by atoms with Crippen molar-refractivity contribution >= 4 is 16.7 Å². The molecule has 2 aromatic carbocycles.